The molecule has 0 aliphatic rings. The number of anilines is 2. The minimum absolute atomic E-state index is 0.304. The lowest BCUT2D eigenvalue weighted by Crippen LogP contribution is -2.09. The van der Waals surface area contributed by atoms with Crippen molar-refractivity contribution in [3.63, 3.8) is 0 Å². The average molecular weight is 350 g/mol. The summed E-state index contributed by atoms with van der Waals surface area (Å²) < 4.78 is 10.6. The number of aromatic nitrogens is 1. The van der Waals surface area contributed by atoms with Crippen LogP contribution in [0.4, 0.5) is 11.4 Å². The van der Waals surface area contributed by atoms with Gasteiger partial charge in [0, 0.05) is 17.3 Å². The second-order valence-electron chi connectivity index (χ2n) is 6.09. The molecule has 0 amide bonds. The average Bonchev–Trinajstić information content (AvgIpc) is 2.63. The predicted molar refractivity (Wildman–Crippen MR) is 103 cm³/mol. The highest BCUT2D eigenvalue weighted by Crippen LogP contribution is 2.33. The smallest absolute Gasteiger partial charge is 0.341 e. The van der Waals surface area contributed by atoms with E-state index in [1.54, 1.807) is 20.2 Å². The zero-order chi connectivity index (χ0) is 18.7. The van der Waals surface area contributed by atoms with E-state index in [1.165, 1.54) is 5.56 Å². The number of carbonyl (C=O) groups excluding carboxylic acids is 1. The van der Waals surface area contributed by atoms with Crippen LogP contribution in [0.15, 0.2) is 42.6 Å². The summed E-state index contributed by atoms with van der Waals surface area (Å²) in [5.41, 5.74) is 5.03. The molecule has 0 saturated carbocycles. The molecule has 0 atom stereocenters. The summed E-state index contributed by atoms with van der Waals surface area (Å²) >= 11 is 0. The Bertz CT molecular complexity index is 967. The maximum absolute atomic E-state index is 12.5. The summed E-state index contributed by atoms with van der Waals surface area (Å²) in [5, 5.41) is 4.21. The number of hydrogen-bond acceptors (Lipinski definition) is 5. The van der Waals surface area contributed by atoms with Gasteiger partial charge in [-0.3, -0.25) is 4.98 Å². The molecule has 3 aromatic rings. The Labute approximate surface area is 153 Å². The molecular formula is C21H22N2O3. The SMILES string of the molecule is CCOC(=O)c1cnc2ccc(OC)cc2c1Nc1ccc(C)cc1C. The molecule has 5 heteroatoms. The van der Waals surface area contributed by atoms with E-state index in [2.05, 4.69) is 16.4 Å². The van der Waals surface area contributed by atoms with Crippen molar-refractivity contribution in [2.24, 2.45) is 0 Å². The van der Waals surface area contributed by atoms with Crippen molar-refractivity contribution in [3.05, 3.63) is 59.3 Å². The monoisotopic (exact) mass is 350 g/mol. The Morgan fingerprint density at radius 2 is 1.96 bits per heavy atom. The van der Waals surface area contributed by atoms with E-state index in [0.29, 0.717) is 23.6 Å². The summed E-state index contributed by atoms with van der Waals surface area (Å²) in [4.78, 5) is 16.9. The molecular weight excluding hydrogens is 328 g/mol. The van der Waals surface area contributed by atoms with Gasteiger partial charge in [0.1, 0.15) is 11.3 Å². The van der Waals surface area contributed by atoms with Gasteiger partial charge in [-0.2, -0.15) is 0 Å². The molecule has 0 unspecified atom stereocenters. The first-order valence-corrected chi connectivity index (χ1v) is 8.51. The van der Waals surface area contributed by atoms with Crippen molar-refractivity contribution in [1.82, 2.24) is 4.98 Å². The molecule has 134 valence electrons. The Balaban J connectivity index is 2.20. The van der Waals surface area contributed by atoms with E-state index in [-0.39, 0.29) is 0 Å². The number of aryl methyl sites for hydroxylation is 2. The Kier molecular flexibility index (Phi) is 5.07. The Morgan fingerprint density at radius 3 is 2.65 bits per heavy atom. The number of hydrogen-bond donors (Lipinski definition) is 1. The third-order valence-electron chi connectivity index (χ3n) is 4.21. The molecule has 3 rings (SSSR count). The molecule has 0 bridgehead atoms. The number of nitrogens with one attached hydrogen (secondary N) is 1. The lowest BCUT2D eigenvalue weighted by molar-refractivity contribution is 0.0527. The zero-order valence-electron chi connectivity index (χ0n) is 15.4. The molecule has 0 saturated heterocycles. The second kappa shape index (κ2) is 7.44. The Morgan fingerprint density at radius 1 is 1.15 bits per heavy atom. The number of ether oxygens (including phenoxy) is 2. The minimum Gasteiger partial charge on any atom is -0.497 e. The van der Waals surface area contributed by atoms with Crippen LogP contribution >= 0.6 is 0 Å². The number of benzene rings is 2. The Hall–Kier alpha value is -3.08. The predicted octanol–water partition coefficient (Wildman–Crippen LogP) is 4.78. The number of nitrogens with zero attached hydrogens (tertiary/aromatic N) is 1. The molecule has 0 aliphatic carbocycles. The van der Waals surface area contributed by atoms with Crippen molar-refractivity contribution >= 4 is 28.2 Å². The van der Waals surface area contributed by atoms with E-state index < -0.39 is 5.97 Å². The third-order valence-corrected chi connectivity index (χ3v) is 4.21. The standard InChI is InChI=1S/C21H22N2O3/c1-5-26-21(24)17-12-22-19-9-7-15(25-4)11-16(19)20(17)23-18-8-6-13(2)10-14(18)3/h6-12H,5H2,1-4H3,(H,22,23). The van der Waals surface area contributed by atoms with Crippen LogP contribution in [0.25, 0.3) is 10.9 Å². The van der Waals surface area contributed by atoms with E-state index in [0.717, 1.165) is 22.2 Å². The number of methoxy groups -OCH3 is 1. The fourth-order valence-electron chi connectivity index (χ4n) is 2.89. The number of pyridine rings is 1. The van der Waals surface area contributed by atoms with Gasteiger partial charge in [-0.1, -0.05) is 17.7 Å². The molecule has 0 fully saturated rings. The first-order chi connectivity index (χ1) is 12.5. The van der Waals surface area contributed by atoms with Crippen LogP contribution in [-0.4, -0.2) is 24.7 Å². The number of carbonyl (C=O) groups is 1. The molecule has 0 spiro atoms. The van der Waals surface area contributed by atoms with Gasteiger partial charge in [-0.15, -0.1) is 0 Å². The fourth-order valence-corrected chi connectivity index (χ4v) is 2.89. The quantitative estimate of drug-likeness (QED) is 0.671. The molecule has 26 heavy (non-hydrogen) atoms. The second-order valence-corrected chi connectivity index (χ2v) is 6.09. The van der Waals surface area contributed by atoms with Crippen LogP contribution in [0.5, 0.6) is 5.75 Å². The fraction of sp³-hybridized carbons (Fsp3) is 0.238. The van der Waals surface area contributed by atoms with E-state index in [1.807, 2.05) is 44.2 Å². The molecule has 1 N–H and O–H groups in total. The first-order valence-electron chi connectivity index (χ1n) is 8.51. The summed E-state index contributed by atoms with van der Waals surface area (Å²) in [6, 6.07) is 11.7. The largest absolute Gasteiger partial charge is 0.497 e. The van der Waals surface area contributed by atoms with Gasteiger partial charge in [0.15, 0.2) is 0 Å². The van der Waals surface area contributed by atoms with Crippen LogP contribution in [0.1, 0.15) is 28.4 Å². The van der Waals surface area contributed by atoms with E-state index in [4.69, 9.17) is 9.47 Å². The first kappa shape index (κ1) is 17.7. The maximum Gasteiger partial charge on any atom is 0.341 e. The van der Waals surface area contributed by atoms with Gasteiger partial charge < -0.3 is 14.8 Å². The summed E-state index contributed by atoms with van der Waals surface area (Å²) in [6.45, 7) is 6.17. The summed E-state index contributed by atoms with van der Waals surface area (Å²) in [7, 11) is 1.61. The van der Waals surface area contributed by atoms with Gasteiger partial charge in [0.2, 0.25) is 0 Å². The van der Waals surface area contributed by atoms with Crippen LogP contribution in [0.2, 0.25) is 0 Å². The zero-order valence-corrected chi connectivity index (χ0v) is 15.4. The van der Waals surface area contributed by atoms with Crippen LogP contribution in [-0.2, 0) is 4.74 Å². The van der Waals surface area contributed by atoms with Crippen molar-refractivity contribution in [2.45, 2.75) is 20.8 Å². The van der Waals surface area contributed by atoms with Gasteiger partial charge in [0.25, 0.3) is 0 Å². The highest BCUT2D eigenvalue weighted by atomic mass is 16.5. The van der Waals surface area contributed by atoms with Crippen LogP contribution in [0, 0.1) is 13.8 Å². The third kappa shape index (κ3) is 3.47. The van der Waals surface area contributed by atoms with Crippen molar-refractivity contribution in [2.75, 3.05) is 19.0 Å². The molecule has 0 aliphatic heterocycles. The summed E-state index contributed by atoms with van der Waals surface area (Å²) in [5.74, 6) is 0.293. The normalized spacial score (nSPS) is 10.6. The van der Waals surface area contributed by atoms with Gasteiger partial charge in [-0.25, -0.2) is 4.79 Å². The molecule has 5 nitrogen and oxygen atoms in total. The lowest BCUT2D eigenvalue weighted by atomic mass is 10.1. The number of fused-ring (bicyclic) bond motifs is 1. The van der Waals surface area contributed by atoms with Gasteiger partial charge in [0.05, 0.1) is 24.9 Å². The number of esters is 1. The molecule has 1 aromatic heterocycles. The van der Waals surface area contributed by atoms with E-state index >= 15 is 0 Å². The molecule has 0 radical (unpaired) electrons. The highest BCUT2D eigenvalue weighted by molar-refractivity contribution is 6.06. The van der Waals surface area contributed by atoms with E-state index in [9.17, 15) is 4.79 Å². The highest BCUT2D eigenvalue weighted by Gasteiger charge is 2.18. The minimum atomic E-state index is -0.406. The molecule has 1 heterocycles. The van der Waals surface area contributed by atoms with Crippen molar-refractivity contribution < 1.29 is 14.3 Å². The van der Waals surface area contributed by atoms with Gasteiger partial charge in [-0.05, 0) is 50.6 Å². The number of rotatable bonds is 5. The van der Waals surface area contributed by atoms with Gasteiger partial charge >= 0.3 is 5.97 Å². The summed E-state index contributed by atoms with van der Waals surface area (Å²) in [6.07, 6.45) is 1.55. The van der Waals surface area contributed by atoms with Crippen LogP contribution in [0.3, 0.4) is 0 Å². The topological polar surface area (TPSA) is 60.5 Å². The van der Waals surface area contributed by atoms with Crippen molar-refractivity contribution in [3.8, 4) is 5.75 Å². The maximum atomic E-state index is 12.5. The lowest BCUT2D eigenvalue weighted by Gasteiger charge is -2.16. The van der Waals surface area contributed by atoms with Crippen LogP contribution < -0.4 is 10.1 Å². The van der Waals surface area contributed by atoms with Crippen molar-refractivity contribution in [1.29, 1.82) is 0 Å². The molecule has 2 aromatic carbocycles.